The number of hydrogen-bond donors (Lipinski definition) is 3. The molecule has 3 N–H and O–H groups in total. The van der Waals surface area contributed by atoms with Crippen LogP contribution in [0.25, 0.3) is 0 Å². The highest BCUT2D eigenvalue weighted by atomic mass is 16.2. The third-order valence-electron chi connectivity index (χ3n) is 3.23. The quantitative estimate of drug-likeness (QED) is 0.708. The van der Waals surface area contributed by atoms with Crippen molar-refractivity contribution < 1.29 is 14.4 Å². The van der Waals surface area contributed by atoms with Gasteiger partial charge in [0, 0.05) is 24.0 Å². The minimum Gasteiger partial charge on any atom is -0.326 e. The first-order chi connectivity index (χ1) is 12.0. The van der Waals surface area contributed by atoms with Crippen LogP contribution in [0.1, 0.15) is 12.5 Å². The maximum absolute atomic E-state index is 12.1. The number of carbonyl (C=O) groups is 3. The maximum atomic E-state index is 12.1. The summed E-state index contributed by atoms with van der Waals surface area (Å²) in [5.41, 5.74) is 2.68. The highest BCUT2D eigenvalue weighted by molar-refractivity contribution is 5.99. The van der Waals surface area contributed by atoms with Gasteiger partial charge in [-0.1, -0.05) is 18.7 Å². The normalized spacial score (nSPS) is 9.80. The largest absolute Gasteiger partial charge is 0.326 e. The number of benzene rings is 2. The summed E-state index contributed by atoms with van der Waals surface area (Å²) >= 11 is 0. The zero-order chi connectivity index (χ0) is 18.2. The smallest absolute Gasteiger partial charge is 0.247 e. The Bertz CT molecular complexity index is 798. The van der Waals surface area contributed by atoms with Gasteiger partial charge in [0.1, 0.15) is 0 Å². The molecule has 0 bridgehead atoms. The Labute approximate surface area is 145 Å². The maximum Gasteiger partial charge on any atom is 0.247 e. The van der Waals surface area contributed by atoms with Crippen LogP contribution in [-0.4, -0.2) is 17.7 Å². The molecule has 0 aliphatic rings. The molecule has 0 heterocycles. The van der Waals surface area contributed by atoms with Crippen molar-refractivity contribution in [1.82, 2.24) is 0 Å². The minimum absolute atomic E-state index is 0.153. The lowest BCUT2D eigenvalue weighted by Gasteiger charge is -2.08. The van der Waals surface area contributed by atoms with Crippen molar-refractivity contribution in [3.63, 3.8) is 0 Å². The zero-order valence-electron chi connectivity index (χ0n) is 13.8. The van der Waals surface area contributed by atoms with Crippen LogP contribution < -0.4 is 16.0 Å². The van der Waals surface area contributed by atoms with Gasteiger partial charge in [-0.2, -0.15) is 0 Å². The van der Waals surface area contributed by atoms with E-state index in [1.807, 2.05) is 6.07 Å². The number of rotatable bonds is 6. The summed E-state index contributed by atoms with van der Waals surface area (Å²) in [7, 11) is 0. The van der Waals surface area contributed by atoms with Gasteiger partial charge in [0.2, 0.25) is 17.7 Å². The van der Waals surface area contributed by atoms with Gasteiger partial charge < -0.3 is 16.0 Å². The summed E-state index contributed by atoms with van der Waals surface area (Å²) in [4.78, 5) is 34.4. The molecule has 0 radical (unpaired) electrons. The number of amides is 3. The van der Waals surface area contributed by atoms with Gasteiger partial charge in [-0.3, -0.25) is 14.4 Å². The molecule has 0 saturated heterocycles. The van der Waals surface area contributed by atoms with Gasteiger partial charge >= 0.3 is 0 Å². The molecule has 3 amide bonds. The Morgan fingerprint density at radius 3 is 2.16 bits per heavy atom. The molecule has 0 atom stereocenters. The monoisotopic (exact) mass is 337 g/mol. The SMILES string of the molecule is C=CC(=O)Nc1cccc(CC(=O)Nc2ccc(NC(C)=O)cc2)c1. The van der Waals surface area contributed by atoms with Crippen molar-refractivity contribution in [2.45, 2.75) is 13.3 Å². The molecule has 2 rings (SSSR count). The Morgan fingerprint density at radius 1 is 0.920 bits per heavy atom. The van der Waals surface area contributed by atoms with E-state index >= 15 is 0 Å². The lowest BCUT2D eigenvalue weighted by molar-refractivity contribution is -0.116. The summed E-state index contributed by atoms with van der Waals surface area (Å²) < 4.78 is 0. The van der Waals surface area contributed by atoms with E-state index in [4.69, 9.17) is 0 Å². The molecule has 0 spiro atoms. The first-order valence-electron chi connectivity index (χ1n) is 7.66. The van der Waals surface area contributed by atoms with Crippen LogP contribution in [0.4, 0.5) is 17.1 Å². The molecule has 6 nitrogen and oxygen atoms in total. The molecular formula is C19H19N3O3. The Hall–Kier alpha value is -3.41. The second kappa shape index (κ2) is 8.44. The molecule has 6 heteroatoms. The van der Waals surface area contributed by atoms with Gasteiger partial charge in [0.15, 0.2) is 0 Å². The fourth-order valence-electron chi connectivity index (χ4n) is 2.18. The molecule has 0 fully saturated rings. The summed E-state index contributed by atoms with van der Waals surface area (Å²) in [6, 6.07) is 13.9. The number of nitrogens with one attached hydrogen (secondary N) is 3. The van der Waals surface area contributed by atoms with Crippen LogP contribution in [-0.2, 0) is 20.8 Å². The molecule has 0 aliphatic heterocycles. The molecule has 2 aromatic carbocycles. The second-order valence-electron chi connectivity index (χ2n) is 5.38. The van der Waals surface area contributed by atoms with Crippen LogP contribution in [0.3, 0.4) is 0 Å². The van der Waals surface area contributed by atoms with Gasteiger partial charge in [-0.05, 0) is 48.0 Å². The molecule has 128 valence electrons. The predicted octanol–water partition coefficient (Wildman–Crippen LogP) is 2.95. The predicted molar refractivity (Wildman–Crippen MR) is 98.3 cm³/mol. The van der Waals surface area contributed by atoms with E-state index in [2.05, 4.69) is 22.5 Å². The van der Waals surface area contributed by atoms with Crippen molar-refractivity contribution in [3.05, 3.63) is 66.7 Å². The standard InChI is InChI=1S/C19H19N3O3/c1-3-18(24)22-17-6-4-5-14(11-17)12-19(25)21-16-9-7-15(8-10-16)20-13(2)23/h3-11H,1,12H2,2H3,(H,20,23)(H,21,25)(H,22,24). The molecule has 2 aromatic rings. The molecule has 0 unspecified atom stereocenters. The van der Waals surface area contributed by atoms with E-state index in [9.17, 15) is 14.4 Å². The summed E-state index contributed by atoms with van der Waals surface area (Å²) in [5.74, 6) is -0.638. The van der Waals surface area contributed by atoms with Gasteiger partial charge in [0.25, 0.3) is 0 Å². The van der Waals surface area contributed by atoms with Crippen LogP contribution in [0, 0.1) is 0 Å². The van der Waals surface area contributed by atoms with E-state index in [0.29, 0.717) is 17.1 Å². The number of carbonyl (C=O) groups excluding carboxylic acids is 3. The Balaban J connectivity index is 1.95. The fraction of sp³-hybridized carbons (Fsp3) is 0.105. The minimum atomic E-state index is -0.305. The Kier molecular flexibility index (Phi) is 6.06. The summed E-state index contributed by atoms with van der Waals surface area (Å²) in [6.07, 6.45) is 1.36. The zero-order valence-corrected chi connectivity index (χ0v) is 13.8. The van der Waals surface area contributed by atoms with E-state index in [1.54, 1.807) is 42.5 Å². The second-order valence-corrected chi connectivity index (χ2v) is 5.38. The number of hydrogen-bond acceptors (Lipinski definition) is 3. The van der Waals surface area contributed by atoms with Crippen LogP contribution in [0.2, 0.25) is 0 Å². The number of anilines is 3. The van der Waals surface area contributed by atoms with E-state index < -0.39 is 0 Å². The van der Waals surface area contributed by atoms with E-state index in [0.717, 1.165) is 5.56 Å². The first kappa shape index (κ1) is 17.9. The highest BCUT2D eigenvalue weighted by Gasteiger charge is 2.06. The molecule has 0 saturated carbocycles. The first-order valence-corrected chi connectivity index (χ1v) is 7.66. The van der Waals surface area contributed by atoms with Gasteiger partial charge in [0.05, 0.1) is 6.42 Å². The average Bonchev–Trinajstić information content (AvgIpc) is 2.56. The molecule has 0 aromatic heterocycles. The topological polar surface area (TPSA) is 87.3 Å². The highest BCUT2D eigenvalue weighted by Crippen LogP contribution is 2.15. The van der Waals surface area contributed by atoms with Crippen LogP contribution >= 0.6 is 0 Å². The summed E-state index contributed by atoms with van der Waals surface area (Å²) in [5, 5.41) is 8.10. The third-order valence-corrected chi connectivity index (χ3v) is 3.23. The van der Waals surface area contributed by atoms with Crippen molar-refractivity contribution >= 4 is 34.8 Å². The van der Waals surface area contributed by atoms with Crippen LogP contribution in [0.15, 0.2) is 61.2 Å². The van der Waals surface area contributed by atoms with Crippen molar-refractivity contribution in [3.8, 4) is 0 Å². The lowest BCUT2D eigenvalue weighted by atomic mass is 10.1. The van der Waals surface area contributed by atoms with E-state index in [-0.39, 0.29) is 24.1 Å². The van der Waals surface area contributed by atoms with E-state index in [1.165, 1.54) is 13.0 Å². The lowest BCUT2D eigenvalue weighted by Crippen LogP contribution is -2.15. The molecule has 0 aliphatic carbocycles. The summed E-state index contributed by atoms with van der Waals surface area (Å²) in [6.45, 7) is 4.83. The van der Waals surface area contributed by atoms with Crippen LogP contribution in [0.5, 0.6) is 0 Å². The Morgan fingerprint density at radius 2 is 1.56 bits per heavy atom. The van der Waals surface area contributed by atoms with Gasteiger partial charge in [-0.25, -0.2) is 0 Å². The fourth-order valence-corrected chi connectivity index (χ4v) is 2.18. The molecule has 25 heavy (non-hydrogen) atoms. The molecular weight excluding hydrogens is 318 g/mol. The van der Waals surface area contributed by atoms with Gasteiger partial charge in [-0.15, -0.1) is 0 Å². The third kappa shape index (κ3) is 5.95. The average molecular weight is 337 g/mol. The van der Waals surface area contributed by atoms with Crippen molar-refractivity contribution in [2.24, 2.45) is 0 Å². The van der Waals surface area contributed by atoms with Crippen molar-refractivity contribution in [2.75, 3.05) is 16.0 Å². The van der Waals surface area contributed by atoms with Crippen molar-refractivity contribution in [1.29, 1.82) is 0 Å².